The van der Waals surface area contributed by atoms with Gasteiger partial charge < -0.3 is 14.4 Å². The Kier molecular flexibility index (Phi) is 3.54. The van der Waals surface area contributed by atoms with Crippen molar-refractivity contribution in [2.45, 2.75) is 43.8 Å². The van der Waals surface area contributed by atoms with E-state index in [1.807, 2.05) is 27.7 Å². The Morgan fingerprint density at radius 1 is 1.16 bits per heavy atom. The molecule has 6 heteroatoms. The van der Waals surface area contributed by atoms with Gasteiger partial charge in [-0.05, 0) is 39.8 Å². The molecule has 2 rings (SSSR count). The van der Waals surface area contributed by atoms with Gasteiger partial charge in [0.05, 0.1) is 11.2 Å². The highest BCUT2D eigenvalue weighted by atomic mass is 32.2. The molecule has 0 radical (unpaired) electrons. The summed E-state index contributed by atoms with van der Waals surface area (Å²) in [4.78, 5) is 0.581. The molecule has 0 aromatic heterocycles. The van der Waals surface area contributed by atoms with Crippen molar-refractivity contribution in [2.24, 2.45) is 0 Å². The van der Waals surface area contributed by atoms with Gasteiger partial charge in [-0.15, -0.1) is 0 Å². The molecule has 1 aliphatic rings. The normalized spacial score (nSPS) is 22.5. The summed E-state index contributed by atoms with van der Waals surface area (Å²) in [6.07, 6.45) is 1.57. The van der Waals surface area contributed by atoms with E-state index in [2.05, 4.69) is 0 Å². The van der Waals surface area contributed by atoms with Crippen LogP contribution in [0.15, 0.2) is 23.1 Å². The molecule has 19 heavy (non-hydrogen) atoms. The molecule has 1 N–H and O–H groups in total. The third-order valence-electron chi connectivity index (χ3n) is 3.84. The van der Waals surface area contributed by atoms with E-state index in [1.54, 1.807) is 18.4 Å². The van der Waals surface area contributed by atoms with Crippen LogP contribution >= 0.6 is 0 Å². The highest BCUT2D eigenvalue weighted by Gasteiger charge is 2.52. The number of aromatic hydroxyl groups is 1. The van der Waals surface area contributed by atoms with Crippen molar-refractivity contribution in [1.29, 1.82) is 0 Å². The lowest BCUT2D eigenvalue weighted by molar-refractivity contribution is 0.00578. The predicted octanol–water partition coefficient (Wildman–Crippen LogP) is 1.43. The molecule has 1 fully saturated rings. The number of phenols is 1. The van der Waals surface area contributed by atoms with Crippen LogP contribution in [0.1, 0.15) is 27.7 Å². The average molecular weight is 282 g/mol. The minimum Gasteiger partial charge on any atom is -0.508 e. The molecule has 1 unspecified atom stereocenters. The van der Waals surface area contributed by atoms with Crippen molar-refractivity contribution in [3.8, 4) is 5.75 Å². The Morgan fingerprint density at radius 3 is 2.11 bits per heavy atom. The van der Waals surface area contributed by atoms with E-state index in [0.29, 0.717) is 10.4 Å². The molecule has 1 aromatic rings. The summed E-state index contributed by atoms with van der Waals surface area (Å²) in [7, 11) is -1.73. The minimum atomic E-state index is -1.12. The van der Waals surface area contributed by atoms with Gasteiger partial charge in [-0.1, -0.05) is 6.07 Å². The third kappa shape index (κ3) is 2.57. The van der Waals surface area contributed by atoms with E-state index < -0.39 is 29.1 Å². The van der Waals surface area contributed by atoms with Gasteiger partial charge in [-0.25, -0.2) is 0 Å². The smallest absolute Gasteiger partial charge is 0.498 e. The second-order valence-electron chi connectivity index (χ2n) is 5.76. The summed E-state index contributed by atoms with van der Waals surface area (Å²) in [5.74, 6) is 0.0474. The Hall–Kier alpha value is -0.845. The van der Waals surface area contributed by atoms with Crippen LogP contribution in [0.2, 0.25) is 0 Å². The molecule has 1 saturated heterocycles. The standard InChI is InChI=1S/C13H19BO4S/c1-12(2)13(3,4)18-14(17-12)10-7-6-9(19(5)16)8-11(10)15/h6-8,15H,1-5H3. The molecule has 0 spiro atoms. The fraction of sp³-hybridized carbons (Fsp3) is 0.538. The van der Waals surface area contributed by atoms with E-state index in [1.165, 1.54) is 6.07 Å². The predicted molar refractivity (Wildman–Crippen MR) is 76.2 cm³/mol. The molecule has 0 amide bonds. The van der Waals surface area contributed by atoms with E-state index in [4.69, 9.17) is 9.31 Å². The van der Waals surface area contributed by atoms with Gasteiger partial charge in [-0.2, -0.15) is 0 Å². The van der Waals surface area contributed by atoms with Crippen molar-refractivity contribution < 1.29 is 18.6 Å². The van der Waals surface area contributed by atoms with E-state index in [-0.39, 0.29) is 5.75 Å². The number of hydrogen-bond acceptors (Lipinski definition) is 4. The summed E-state index contributed by atoms with van der Waals surface area (Å²) in [6.45, 7) is 7.83. The summed E-state index contributed by atoms with van der Waals surface area (Å²) >= 11 is 0. The quantitative estimate of drug-likeness (QED) is 0.834. The molecule has 4 nitrogen and oxygen atoms in total. The number of phenolic OH excluding ortho intramolecular Hbond substituents is 1. The first kappa shape index (κ1) is 14.6. The lowest BCUT2D eigenvalue weighted by Crippen LogP contribution is -2.41. The van der Waals surface area contributed by atoms with Crippen LogP contribution < -0.4 is 5.46 Å². The van der Waals surface area contributed by atoms with Crippen molar-refractivity contribution in [3.05, 3.63) is 18.2 Å². The first-order valence-electron chi connectivity index (χ1n) is 6.16. The van der Waals surface area contributed by atoms with Gasteiger partial charge in [0.1, 0.15) is 5.75 Å². The maximum Gasteiger partial charge on any atom is 0.498 e. The van der Waals surface area contributed by atoms with Crippen LogP contribution in [0.5, 0.6) is 5.75 Å². The SMILES string of the molecule is CS(=O)c1ccc(B2OC(C)(C)C(C)(C)O2)c(O)c1. The Balaban J connectivity index is 2.33. The fourth-order valence-corrected chi connectivity index (χ4v) is 2.41. The molecule has 1 aliphatic heterocycles. The van der Waals surface area contributed by atoms with Crippen LogP contribution in [0.4, 0.5) is 0 Å². The molecule has 1 heterocycles. The third-order valence-corrected chi connectivity index (χ3v) is 4.76. The van der Waals surface area contributed by atoms with Crippen LogP contribution in [0.25, 0.3) is 0 Å². The summed E-state index contributed by atoms with van der Waals surface area (Å²) in [5, 5.41) is 10.0. The number of rotatable bonds is 2. The Bertz CT molecular complexity index is 511. The Labute approximate surface area is 116 Å². The molecular weight excluding hydrogens is 263 g/mol. The fourth-order valence-electron chi connectivity index (χ4n) is 1.87. The van der Waals surface area contributed by atoms with Gasteiger partial charge in [0.25, 0.3) is 0 Å². The highest BCUT2D eigenvalue weighted by Crippen LogP contribution is 2.37. The van der Waals surface area contributed by atoms with Gasteiger partial charge in [-0.3, -0.25) is 4.21 Å². The molecular formula is C13H19BO4S. The van der Waals surface area contributed by atoms with Gasteiger partial charge in [0.15, 0.2) is 0 Å². The lowest BCUT2D eigenvalue weighted by Gasteiger charge is -2.32. The summed E-state index contributed by atoms with van der Waals surface area (Å²) in [5.41, 5.74) is -0.333. The maximum absolute atomic E-state index is 11.4. The van der Waals surface area contributed by atoms with E-state index in [9.17, 15) is 9.32 Å². The van der Waals surface area contributed by atoms with Gasteiger partial charge in [0.2, 0.25) is 0 Å². The highest BCUT2D eigenvalue weighted by molar-refractivity contribution is 7.84. The average Bonchev–Trinajstić information content (AvgIpc) is 2.47. The minimum absolute atomic E-state index is 0.0474. The van der Waals surface area contributed by atoms with Gasteiger partial charge in [0, 0.05) is 27.4 Å². The molecule has 104 valence electrons. The largest absolute Gasteiger partial charge is 0.508 e. The second kappa shape index (κ2) is 4.61. The molecule has 1 atom stereocenters. The molecule has 0 saturated carbocycles. The van der Waals surface area contributed by atoms with Crippen molar-refractivity contribution >= 4 is 23.4 Å². The topological polar surface area (TPSA) is 55.8 Å². The van der Waals surface area contributed by atoms with Crippen LogP contribution in [-0.2, 0) is 20.1 Å². The zero-order valence-corrected chi connectivity index (χ0v) is 12.7. The van der Waals surface area contributed by atoms with Crippen molar-refractivity contribution in [1.82, 2.24) is 0 Å². The monoisotopic (exact) mass is 282 g/mol. The lowest BCUT2D eigenvalue weighted by atomic mass is 9.78. The number of hydrogen-bond donors (Lipinski definition) is 1. The molecule has 1 aromatic carbocycles. The van der Waals surface area contributed by atoms with E-state index >= 15 is 0 Å². The zero-order chi connectivity index (χ0) is 14.4. The second-order valence-corrected chi connectivity index (χ2v) is 7.14. The summed E-state index contributed by atoms with van der Waals surface area (Å²) in [6, 6.07) is 4.92. The first-order valence-corrected chi connectivity index (χ1v) is 7.72. The number of benzene rings is 1. The van der Waals surface area contributed by atoms with Crippen molar-refractivity contribution in [2.75, 3.05) is 6.26 Å². The molecule has 0 aliphatic carbocycles. The van der Waals surface area contributed by atoms with Crippen LogP contribution in [0, 0.1) is 0 Å². The first-order chi connectivity index (χ1) is 8.64. The zero-order valence-electron chi connectivity index (χ0n) is 11.9. The van der Waals surface area contributed by atoms with Crippen molar-refractivity contribution in [3.63, 3.8) is 0 Å². The van der Waals surface area contributed by atoms with E-state index in [0.717, 1.165) is 0 Å². The molecule has 0 bridgehead atoms. The maximum atomic E-state index is 11.4. The Morgan fingerprint density at radius 2 is 1.68 bits per heavy atom. The van der Waals surface area contributed by atoms with Crippen LogP contribution in [-0.4, -0.2) is 33.9 Å². The summed E-state index contributed by atoms with van der Waals surface area (Å²) < 4.78 is 23.1. The van der Waals surface area contributed by atoms with Crippen LogP contribution in [0.3, 0.4) is 0 Å². The van der Waals surface area contributed by atoms with Gasteiger partial charge >= 0.3 is 7.12 Å².